The maximum absolute atomic E-state index is 12.7. The zero-order valence-corrected chi connectivity index (χ0v) is 9.63. The number of aryl methyl sites for hydroxylation is 2. The molecule has 17 heavy (non-hydrogen) atoms. The van der Waals surface area contributed by atoms with Gasteiger partial charge in [0, 0.05) is 12.5 Å². The van der Waals surface area contributed by atoms with Crippen LogP contribution in [0.3, 0.4) is 0 Å². The van der Waals surface area contributed by atoms with Gasteiger partial charge in [0.1, 0.15) is 24.0 Å². The Bertz CT molecular complexity index is 426. The van der Waals surface area contributed by atoms with E-state index >= 15 is 0 Å². The number of hydrogen-bond donors (Lipinski definition) is 0. The van der Waals surface area contributed by atoms with Crippen molar-refractivity contribution in [2.45, 2.75) is 19.8 Å². The first kappa shape index (κ1) is 13.3. The number of aromatic nitrogens is 1. The third kappa shape index (κ3) is 3.97. The maximum Gasteiger partial charge on any atom is 0.306 e. The minimum atomic E-state index is -1.18. The summed E-state index contributed by atoms with van der Waals surface area (Å²) in [6.45, 7) is 0.412. The number of allylic oxidation sites excluding steroid dienone is 1. The summed E-state index contributed by atoms with van der Waals surface area (Å²) in [7, 11) is 1.29. The van der Waals surface area contributed by atoms with Gasteiger partial charge in [-0.25, -0.2) is 13.8 Å². The first-order chi connectivity index (χ1) is 8.06. The Labute approximate surface area is 97.3 Å². The number of hydrogen-bond acceptors (Lipinski definition) is 4. The van der Waals surface area contributed by atoms with Crippen LogP contribution in [0.4, 0.5) is 8.78 Å². The van der Waals surface area contributed by atoms with E-state index in [1.807, 2.05) is 0 Å². The molecule has 0 aromatic carbocycles. The number of alkyl halides is 1. The standard InChI is InChI=1S/C11H13F2NO3/c1-7-9(5-8(13)6-12)14-10(17-7)3-4-11(15)16-2/h5H,3-4,6H2,1-2H3/b8-5+. The van der Waals surface area contributed by atoms with Crippen LogP contribution in [-0.2, 0) is 16.0 Å². The Balaban J connectivity index is 2.71. The molecule has 0 aliphatic heterocycles. The van der Waals surface area contributed by atoms with Crippen LogP contribution in [0.2, 0.25) is 0 Å². The molecule has 0 atom stereocenters. The van der Waals surface area contributed by atoms with Gasteiger partial charge in [0.25, 0.3) is 0 Å². The van der Waals surface area contributed by atoms with Gasteiger partial charge >= 0.3 is 5.97 Å². The monoisotopic (exact) mass is 245 g/mol. The van der Waals surface area contributed by atoms with Crippen LogP contribution in [0.15, 0.2) is 10.2 Å². The molecule has 1 aromatic rings. The summed E-state index contributed by atoms with van der Waals surface area (Å²) >= 11 is 0. The van der Waals surface area contributed by atoms with Crippen molar-refractivity contribution in [3.8, 4) is 0 Å². The quantitative estimate of drug-likeness (QED) is 0.747. The fourth-order valence-electron chi connectivity index (χ4n) is 1.20. The predicted molar refractivity (Wildman–Crippen MR) is 56.6 cm³/mol. The molecule has 0 unspecified atom stereocenters. The molecule has 0 fully saturated rings. The molecule has 0 radical (unpaired) electrons. The molecule has 1 aromatic heterocycles. The van der Waals surface area contributed by atoms with Gasteiger partial charge in [-0.3, -0.25) is 4.79 Å². The van der Waals surface area contributed by atoms with Gasteiger partial charge in [0.15, 0.2) is 5.89 Å². The number of carbonyl (C=O) groups is 1. The summed E-state index contributed by atoms with van der Waals surface area (Å²) in [5.74, 6) is -0.618. The van der Waals surface area contributed by atoms with Crippen molar-refractivity contribution in [1.82, 2.24) is 4.98 Å². The highest BCUT2D eigenvalue weighted by Crippen LogP contribution is 2.15. The molecule has 94 valence electrons. The molecule has 0 aliphatic carbocycles. The summed E-state index contributed by atoms with van der Waals surface area (Å²) in [6, 6.07) is 0. The fourth-order valence-corrected chi connectivity index (χ4v) is 1.20. The largest absolute Gasteiger partial charge is 0.469 e. The molecule has 6 heteroatoms. The van der Waals surface area contributed by atoms with Crippen LogP contribution in [0.5, 0.6) is 0 Å². The van der Waals surface area contributed by atoms with Crippen molar-refractivity contribution >= 4 is 12.0 Å². The van der Waals surface area contributed by atoms with Crippen LogP contribution in [0.25, 0.3) is 6.08 Å². The van der Waals surface area contributed by atoms with Crippen LogP contribution in [-0.4, -0.2) is 24.7 Å². The number of halogens is 2. The van der Waals surface area contributed by atoms with Gasteiger partial charge in [-0.1, -0.05) is 0 Å². The first-order valence-corrected chi connectivity index (χ1v) is 5.02. The molecular weight excluding hydrogens is 232 g/mol. The lowest BCUT2D eigenvalue weighted by atomic mass is 10.3. The lowest BCUT2D eigenvalue weighted by Crippen LogP contribution is -2.01. The third-order valence-corrected chi connectivity index (χ3v) is 2.07. The van der Waals surface area contributed by atoms with E-state index in [9.17, 15) is 13.6 Å². The van der Waals surface area contributed by atoms with Crippen molar-refractivity contribution in [2.75, 3.05) is 13.8 Å². The van der Waals surface area contributed by atoms with Gasteiger partial charge < -0.3 is 9.15 Å². The average molecular weight is 245 g/mol. The van der Waals surface area contributed by atoms with Gasteiger partial charge in [0.05, 0.1) is 13.5 Å². The SMILES string of the molecule is COC(=O)CCc1nc(/C=C(/F)CF)c(C)o1. The second kappa shape index (κ2) is 6.12. The summed E-state index contributed by atoms with van der Waals surface area (Å²) < 4.78 is 34.3. The lowest BCUT2D eigenvalue weighted by molar-refractivity contribution is -0.140. The van der Waals surface area contributed by atoms with Crippen LogP contribution in [0, 0.1) is 6.92 Å². The average Bonchev–Trinajstić information content (AvgIpc) is 2.66. The molecule has 1 heterocycles. The maximum atomic E-state index is 12.7. The number of rotatable bonds is 5. The zero-order valence-electron chi connectivity index (χ0n) is 9.63. The Morgan fingerprint density at radius 3 is 2.88 bits per heavy atom. The minimum absolute atomic E-state index is 0.130. The van der Waals surface area contributed by atoms with Crippen molar-refractivity contribution in [3.05, 3.63) is 23.2 Å². The number of ether oxygens (including phenoxy) is 1. The Morgan fingerprint density at radius 1 is 1.59 bits per heavy atom. The van der Waals surface area contributed by atoms with Crippen molar-refractivity contribution in [1.29, 1.82) is 0 Å². The van der Waals surface area contributed by atoms with E-state index in [1.165, 1.54) is 7.11 Å². The van der Waals surface area contributed by atoms with Crippen LogP contribution in [0.1, 0.15) is 23.8 Å². The molecule has 0 saturated heterocycles. The highest BCUT2D eigenvalue weighted by Gasteiger charge is 2.10. The van der Waals surface area contributed by atoms with Gasteiger partial charge in [0.2, 0.25) is 0 Å². The summed E-state index contributed by atoms with van der Waals surface area (Å²) in [4.78, 5) is 14.8. The van der Waals surface area contributed by atoms with Crippen molar-refractivity contribution in [3.63, 3.8) is 0 Å². The third-order valence-electron chi connectivity index (χ3n) is 2.07. The predicted octanol–water partition coefficient (Wildman–Crippen LogP) is 2.37. The van der Waals surface area contributed by atoms with Crippen molar-refractivity contribution < 1.29 is 22.7 Å². The highest BCUT2D eigenvalue weighted by molar-refractivity contribution is 5.69. The molecule has 0 amide bonds. The molecule has 0 bridgehead atoms. The normalized spacial score (nSPS) is 11.6. The number of oxazole rings is 1. The Morgan fingerprint density at radius 2 is 2.29 bits per heavy atom. The van der Waals surface area contributed by atoms with E-state index in [0.717, 1.165) is 6.08 Å². The second-order valence-corrected chi connectivity index (χ2v) is 3.35. The number of carbonyl (C=O) groups excluding carboxylic acids is 1. The van der Waals surface area contributed by atoms with E-state index < -0.39 is 12.5 Å². The number of methoxy groups -OCH3 is 1. The van der Waals surface area contributed by atoms with Gasteiger partial charge in [-0.2, -0.15) is 0 Å². The summed E-state index contributed by atoms with van der Waals surface area (Å²) in [5, 5.41) is 0. The fraction of sp³-hybridized carbons (Fsp3) is 0.455. The molecule has 0 saturated carbocycles. The summed E-state index contributed by atoms with van der Waals surface area (Å²) in [6.07, 6.45) is 1.37. The minimum Gasteiger partial charge on any atom is -0.469 e. The van der Waals surface area contributed by atoms with Gasteiger partial charge in [-0.15, -0.1) is 0 Å². The first-order valence-electron chi connectivity index (χ1n) is 5.02. The highest BCUT2D eigenvalue weighted by atomic mass is 19.2. The Hall–Kier alpha value is -1.72. The van der Waals surface area contributed by atoms with Gasteiger partial charge in [-0.05, 0) is 6.92 Å². The van der Waals surface area contributed by atoms with Crippen molar-refractivity contribution in [2.24, 2.45) is 0 Å². The number of esters is 1. The Kier molecular flexibility index (Phi) is 4.81. The van der Waals surface area contributed by atoms with E-state index in [4.69, 9.17) is 4.42 Å². The lowest BCUT2D eigenvalue weighted by Gasteiger charge is -1.94. The van der Waals surface area contributed by atoms with E-state index in [-0.39, 0.29) is 24.5 Å². The topological polar surface area (TPSA) is 52.3 Å². The second-order valence-electron chi connectivity index (χ2n) is 3.35. The summed E-state index contributed by atoms with van der Waals surface area (Å²) in [5.41, 5.74) is 0.236. The van der Waals surface area contributed by atoms with Crippen LogP contribution < -0.4 is 0 Å². The van der Waals surface area contributed by atoms with E-state index in [2.05, 4.69) is 9.72 Å². The van der Waals surface area contributed by atoms with E-state index in [0.29, 0.717) is 11.7 Å². The molecular formula is C11H13F2NO3. The molecule has 0 N–H and O–H groups in total. The smallest absolute Gasteiger partial charge is 0.306 e. The van der Waals surface area contributed by atoms with Crippen LogP contribution >= 0.6 is 0 Å². The number of nitrogens with zero attached hydrogens (tertiary/aromatic N) is 1. The molecule has 0 spiro atoms. The molecule has 0 aliphatic rings. The molecule has 4 nitrogen and oxygen atoms in total. The zero-order chi connectivity index (χ0) is 12.8. The van der Waals surface area contributed by atoms with E-state index in [1.54, 1.807) is 6.92 Å². The molecule has 1 rings (SSSR count).